The molecule has 2 atom stereocenters. The van der Waals surface area contributed by atoms with Crippen molar-refractivity contribution in [3.63, 3.8) is 0 Å². The van der Waals surface area contributed by atoms with Crippen LogP contribution >= 0.6 is 0 Å². The summed E-state index contributed by atoms with van der Waals surface area (Å²) in [7, 11) is 2.29. The number of hydrogen-bond donors (Lipinski definition) is 1. The van der Waals surface area contributed by atoms with Crippen LogP contribution in [-0.4, -0.2) is 42.1 Å². The van der Waals surface area contributed by atoms with Gasteiger partial charge in [0.1, 0.15) is 5.82 Å². The smallest absolute Gasteiger partial charge is 0.130 e. The molecule has 0 saturated carbocycles. The Hall–Kier alpha value is -2.07. The van der Waals surface area contributed by atoms with Gasteiger partial charge in [0.15, 0.2) is 0 Å². The van der Waals surface area contributed by atoms with E-state index in [1.165, 1.54) is 24.9 Å². The zero-order valence-electron chi connectivity index (χ0n) is 13.7. The first-order valence-electron chi connectivity index (χ1n) is 8.54. The highest BCUT2D eigenvalue weighted by Gasteiger charge is 2.34. The molecule has 0 amide bonds. The van der Waals surface area contributed by atoms with E-state index >= 15 is 0 Å². The first kappa shape index (κ1) is 14.5. The lowest BCUT2D eigenvalue weighted by Crippen LogP contribution is -2.36. The molecule has 2 aromatic rings. The summed E-state index contributed by atoms with van der Waals surface area (Å²) in [6.45, 7) is 2.26. The van der Waals surface area contributed by atoms with Gasteiger partial charge in [-0.3, -0.25) is 4.90 Å². The first-order valence-corrected chi connectivity index (χ1v) is 8.54. The highest BCUT2D eigenvalue weighted by molar-refractivity contribution is 5.58. The molecule has 2 fully saturated rings. The minimum absolute atomic E-state index is 0.699. The number of pyridine rings is 1. The number of benzene rings is 1. The Morgan fingerprint density at radius 1 is 1.00 bits per heavy atom. The summed E-state index contributed by atoms with van der Waals surface area (Å²) in [5, 5.41) is 3.34. The predicted molar refractivity (Wildman–Crippen MR) is 95.4 cm³/mol. The summed E-state index contributed by atoms with van der Waals surface area (Å²) in [5.41, 5.74) is 2.31. The van der Waals surface area contributed by atoms with Gasteiger partial charge in [-0.25, -0.2) is 4.98 Å². The van der Waals surface area contributed by atoms with E-state index < -0.39 is 0 Å². The predicted octanol–water partition coefficient (Wildman–Crippen LogP) is 3.50. The van der Waals surface area contributed by atoms with E-state index in [1.54, 1.807) is 0 Å². The van der Waals surface area contributed by atoms with Crippen molar-refractivity contribution in [1.82, 2.24) is 9.88 Å². The van der Waals surface area contributed by atoms with E-state index in [9.17, 15) is 0 Å². The largest absolute Gasteiger partial charge is 0.369 e. The standard InChI is InChI=1S/C19H24N4/c1-22-16-7-8-18(22)14-23(12-11-16)17-9-10-19(20-13-17)21-15-5-3-2-4-6-15/h2-6,9-10,13,16,18H,7-8,11-12,14H2,1H3,(H,20,21). The van der Waals surface area contributed by atoms with Crippen molar-refractivity contribution in [2.24, 2.45) is 0 Å². The minimum Gasteiger partial charge on any atom is -0.369 e. The van der Waals surface area contributed by atoms with Crippen LogP contribution in [0.25, 0.3) is 0 Å². The Balaban J connectivity index is 1.46. The Labute approximate surface area is 138 Å². The molecule has 2 aliphatic heterocycles. The minimum atomic E-state index is 0.699. The maximum atomic E-state index is 4.59. The summed E-state index contributed by atoms with van der Waals surface area (Å²) in [6, 6.07) is 15.9. The number of fused-ring (bicyclic) bond motifs is 2. The number of aromatic nitrogens is 1. The molecule has 2 bridgehead atoms. The van der Waals surface area contributed by atoms with Gasteiger partial charge in [0.25, 0.3) is 0 Å². The van der Waals surface area contributed by atoms with E-state index in [1.807, 2.05) is 24.4 Å². The zero-order chi connectivity index (χ0) is 15.6. The van der Waals surface area contributed by atoms with E-state index in [-0.39, 0.29) is 0 Å². The average molecular weight is 308 g/mol. The van der Waals surface area contributed by atoms with Gasteiger partial charge in [-0.05, 0) is 50.6 Å². The zero-order valence-corrected chi connectivity index (χ0v) is 13.7. The number of rotatable bonds is 3. The van der Waals surface area contributed by atoms with Crippen molar-refractivity contribution >= 4 is 17.2 Å². The van der Waals surface area contributed by atoms with Crippen molar-refractivity contribution in [3.8, 4) is 0 Å². The van der Waals surface area contributed by atoms with Crippen LogP contribution in [0.4, 0.5) is 17.2 Å². The van der Waals surface area contributed by atoms with Gasteiger partial charge >= 0.3 is 0 Å². The van der Waals surface area contributed by atoms with Crippen molar-refractivity contribution in [3.05, 3.63) is 48.7 Å². The van der Waals surface area contributed by atoms with Crippen molar-refractivity contribution in [1.29, 1.82) is 0 Å². The van der Waals surface area contributed by atoms with E-state index in [2.05, 4.69) is 51.4 Å². The monoisotopic (exact) mass is 308 g/mol. The average Bonchev–Trinajstić information content (AvgIpc) is 2.82. The molecule has 2 saturated heterocycles. The van der Waals surface area contributed by atoms with Crippen LogP contribution in [0.5, 0.6) is 0 Å². The third kappa shape index (κ3) is 3.04. The normalized spacial score (nSPS) is 24.5. The summed E-state index contributed by atoms with van der Waals surface area (Å²) < 4.78 is 0. The number of nitrogens with zero attached hydrogens (tertiary/aromatic N) is 3. The Bertz CT molecular complexity index is 640. The number of likely N-dealkylation sites (N-methyl/N-ethyl adjacent to an activating group) is 1. The number of nitrogens with one attached hydrogen (secondary N) is 1. The highest BCUT2D eigenvalue weighted by atomic mass is 15.3. The summed E-state index contributed by atoms with van der Waals surface area (Å²) in [4.78, 5) is 9.68. The highest BCUT2D eigenvalue weighted by Crippen LogP contribution is 2.30. The van der Waals surface area contributed by atoms with E-state index in [0.717, 1.165) is 30.6 Å². The van der Waals surface area contributed by atoms with Crippen LogP contribution < -0.4 is 10.2 Å². The molecule has 3 heterocycles. The van der Waals surface area contributed by atoms with Gasteiger partial charge < -0.3 is 10.2 Å². The second-order valence-electron chi connectivity index (χ2n) is 6.68. The molecule has 0 aliphatic carbocycles. The van der Waals surface area contributed by atoms with Gasteiger partial charge in [0, 0.05) is 30.9 Å². The first-order chi connectivity index (χ1) is 11.3. The van der Waals surface area contributed by atoms with Gasteiger partial charge in [-0.2, -0.15) is 0 Å². The van der Waals surface area contributed by atoms with Crippen molar-refractivity contribution < 1.29 is 0 Å². The fourth-order valence-corrected chi connectivity index (χ4v) is 3.86. The van der Waals surface area contributed by atoms with E-state index in [4.69, 9.17) is 0 Å². The summed E-state index contributed by atoms with van der Waals surface area (Å²) >= 11 is 0. The van der Waals surface area contributed by atoms with Crippen LogP contribution in [-0.2, 0) is 0 Å². The fraction of sp³-hybridized carbons (Fsp3) is 0.421. The van der Waals surface area contributed by atoms with Crippen molar-refractivity contribution in [2.75, 3.05) is 30.4 Å². The molecule has 0 radical (unpaired) electrons. The van der Waals surface area contributed by atoms with Gasteiger partial charge in [0.05, 0.1) is 11.9 Å². The second kappa shape index (κ2) is 6.20. The van der Waals surface area contributed by atoms with Crippen LogP contribution in [0, 0.1) is 0 Å². The maximum Gasteiger partial charge on any atom is 0.130 e. The van der Waals surface area contributed by atoms with Crippen molar-refractivity contribution in [2.45, 2.75) is 31.3 Å². The molecule has 4 heteroatoms. The molecular weight excluding hydrogens is 284 g/mol. The lowest BCUT2D eigenvalue weighted by atomic mass is 10.1. The van der Waals surface area contributed by atoms with Crippen LogP contribution in [0.2, 0.25) is 0 Å². The molecule has 2 aliphatic rings. The molecule has 120 valence electrons. The number of hydrogen-bond acceptors (Lipinski definition) is 4. The molecule has 0 spiro atoms. The second-order valence-corrected chi connectivity index (χ2v) is 6.68. The molecular formula is C19H24N4. The van der Waals surface area contributed by atoms with Crippen LogP contribution in [0.3, 0.4) is 0 Å². The topological polar surface area (TPSA) is 31.4 Å². The Morgan fingerprint density at radius 2 is 1.83 bits per heavy atom. The van der Waals surface area contributed by atoms with Crippen LogP contribution in [0.15, 0.2) is 48.7 Å². The van der Waals surface area contributed by atoms with Gasteiger partial charge in [-0.1, -0.05) is 18.2 Å². The van der Waals surface area contributed by atoms with Gasteiger partial charge in [-0.15, -0.1) is 0 Å². The molecule has 23 heavy (non-hydrogen) atoms. The molecule has 4 nitrogen and oxygen atoms in total. The molecule has 2 unspecified atom stereocenters. The number of anilines is 3. The molecule has 4 rings (SSSR count). The lowest BCUT2D eigenvalue weighted by Gasteiger charge is -2.27. The lowest BCUT2D eigenvalue weighted by molar-refractivity contribution is 0.254. The maximum absolute atomic E-state index is 4.59. The number of para-hydroxylation sites is 1. The molecule has 1 N–H and O–H groups in total. The molecule has 1 aromatic heterocycles. The Kier molecular flexibility index (Phi) is 3.92. The van der Waals surface area contributed by atoms with Crippen LogP contribution in [0.1, 0.15) is 19.3 Å². The fourth-order valence-electron chi connectivity index (χ4n) is 3.86. The summed E-state index contributed by atoms with van der Waals surface area (Å²) in [6.07, 6.45) is 5.97. The quantitative estimate of drug-likeness (QED) is 0.940. The third-order valence-electron chi connectivity index (χ3n) is 5.31. The third-order valence-corrected chi connectivity index (χ3v) is 5.31. The van der Waals surface area contributed by atoms with Gasteiger partial charge in [0.2, 0.25) is 0 Å². The molecule has 1 aromatic carbocycles. The Morgan fingerprint density at radius 3 is 2.61 bits per heavy atom. The van der Waals surface area contributed by atoms with E-state index in [0.29, 0.717) is 6.04 Å². The summed E-state index contributed by atoms with van der Waals surface area (Å²) in [5.74, 6) is 0.897. The SMILES string of the molecule is CN1C2CCC1CN(c1ccc(Nc3ccccc3)nc1)CC2.